The van der Waals surface area contributed by atoms with Crippen LogP contribution in [0.25, 0.3) is 0 Å². The third-order valence-electron chi connectivity index (χ3n) is 3.71. The van der Waals surface area contributed by atoms with Crippen LogP contribution in [-0.4, -0.2) is 15.7 Å². The van der Waals surface area contributed by atoms with E-state index in [-0.39, 0.29) is 11.4 Å². The molecule has 2 aromatic carbocycles. The van der Waals surface area contributed by atoms with Gasteiger partial charge in [0.25, 0.3) is 5.91 Å². The van der Waals surface area contributed by atoms with Crippen molar-refractivity contribution < 1.29 is 22.4 Å². The predicted octanol–water partition coefficient (Wildman–Crippen LogP) is 4.57. The number of para-hydroxylation sites is 1. The summed E-state index contributed by atoms with van der Waals surface area (Å²) < 4.78 is 52.2. The van der Waals surface area contributed by atoms with E-state index < -0.39 is 23.6 Å². The van der Waals surface area contributed by atoms with Crippen LogP contribution in [0.2, 0.25) is 0 Å². The maximum absolute atomic E-state index is 13.0. The van der Waals surface area contributed by atoms with E-state index in [0.717, 1.165) is 10.7 Å². The summed E-state index contributed by atoms with van der Waals surface area (Å²) in [5, 5.41) is 8.75. The molecule has 0 saturated carbocycles. The number of halogens is 4. The van der Waals surface area contributed by atoms with Crippen LogP contribution >= 0.6 is 0 Å². The highest BCUT2D eigenvalue weighted by Crippen LogP contribution is 2.30. The third kappa shape index (κ3) is 4.25. The first kappa shape index (κ1) is 18.4. The van der Waals surface area contributed by atoms with Gasteiger partial charge in [0.1, 0.15) is 11.6 Å². The largest absolute Gasteiger partial charge is 0.435 e. The summed E-state index contributed by atoms with van der Waals surface area (Å²) in [5.41, 5.74) is 0.0750. The number of nitrogens with zero attached hydrogens (tertiary/aromatic N) is 2. The zero-order valence-corrected chi connectivity index (χ0v) is 14.0. The Morgan fingerprint density at radius 1 is 1.07 bits per heavy atom. The number of aromatic nitrogens is 2. The number of amides is 1. The molecule has 0 aliphatic carbocycles. The van der Waals surface area contributed by atoms with Gasteiger partial charge in [-0.2, -0.15) is 18.3 Å². The Hall–Kier alpha value is -3.36. The molecule has 1 aromatic heterocycles. The molecule has 1 amide bonds. The first-order valence-corrected chi connectivity index (χ1v) is 7.78. The molecule has 140 valence electrons. The molecule has 9 heteroatoms. The standard InChI is InChI=1S/C18H14F4N4O/c1-26-16(10-15(25-26)18(20,21)22)24-17(27)13-4-2-3-5-14(13)23-12-8-6-11(19)7-9-12/h2-10,23H,1H3,(H,24,27). The minimum Gasteiger partial charge on any atom is -0.355 e. The number of nitrogens with one attached hydrogen (secondary N) is 2. The highest BCUT2D eigenvalue weighted by molar-refractivity contribution is 6.08. The highest BCUT2D eigenvalue weighted by Gasteiger charge is 2.34. The molecule has 0 bridgehead atoms. The molecule has 0 radical (unpaired) electrons. The van der Waals surface area contributed by atoms with Gasteiger partial charge in [-0.1, -0.05) is 12.1 Å². The molecular weight excluding hydrogens is 364 g/mol. The van der Waals surface area contributed by atoms with E-state index in [1.807, 2.05) is 0 Å². The summed E-state index contributed by atoms with van der Waals surface area (Å²) in [4.78, 5) is 12.6. The van der Waals surface area contributed by atoms with Gasteiger partial charge in [-0.05, 0) is 36.4 Å². The number of hydrogen-bond donors (Lipinski definition) is 2. The first-order valence-electron chi connectivity index (χ1n) is 7.78. The molecule has 3 aromatic rings. The Balaban J connectivity index is 1.83. The molecule has 5 nitrogen and oxygen atoms in total. The Bertz CT molecular complexity index is 964. The minimum atomic E-state index is -4.61. The second-order valence-corrected chi connectivity index (χ2v) is 5.67. The van der Waals surface area contributed by atoms with E-state index in [4.69, 9.17) is 0 Å². The van der Waals surface area contributed by atoms with Gasteiger partial charge in [-0.15, -0.1) is 0 Å². The van der Waals surface area contributed by atoms with Gasteiger partial charge in [0.2, 0.25) is 0 Å². The van der Waals surface area contributed by atoms with Crippen LogP contribution in [0.15, 0.2) is 54.6 Å². The lowest BCUT2D eigenvalue weighted by Gasteiger charge is -2.12. The van der Waals surface area contributed by atoms with E-state index in [9.17, 15) is 22.4 Å². The maximum Gasteiger partial charge on any atom is 0.435 e. The number of hydrogen-bond acceptors (Lipinski definition) is 3. The smallest absolute Gasteiger partial charge is 0.355 e. The van der Waals surface area contributed by atoms with Crippen LogP contribution in [0.1, 0.15) is 16.1 Å². The van der Waals surface area contributed by atoms with Crippen LogP contribution in [0.3, 0.4) is 0 Å². The Morgan fingerprint density at radius 2 is 1.74 bits per heavy atom. The Labute approximate surface area is 151 Å². The topological polar surface area (TPSA) is 59.0 Å². The monoisotopic (exact) mass is 378 g/mol. The lowest BCUT2D eigenvalue weighted by Crippen LogP contribution is -2.16. The van der Waals surface area contributed by atoms with Crippen LogP contribution < -0.4 is 10.6 Å². The molecule has 0 aliphatic heterocycles. The summed E-state index contributed by atoms with van der Waals surface area (Å²) >= 11 is 0. The lowest BCUT2D eigenvalue weighted by molar-refractivity contribution is -0.141. The molecule has 27 heavy (non-hydrogen) atoms. The lowest BCUT2D eigenvalue weighted by atomic mass is 10.1. The quantitative estimate of drug-likeness (QED) is 0.654. The van der Waals surface area contributed by atoms with Gasteiger partial charge >= 0.3 is 6.18 Å². The van der Waals surface area contributed by atoms with Crippen molar-refractivity contribution in [3.63, 3.8) is 0 Å². The normalized spacial score (nSPS) is 11.3. The average molecular weight is 378 g/mol. The molecular formula is C18H14F4N4O. The molecule has 3 rings (SSSR count). The predicted molar refractivity (Wildman–Crippen MR) is 92.3 cm³/mol. The average Bonchev–Trinajstić information content (AvgIpc) is 2.98. The molecule has 0 unspecified atom stereocenters. The highest BCUT2D eigenvalue weighted by atomic mass is 19.4. The fourth-order valence-electron chi connectivity index (χ4n) is 2.39. The van der Waals surface area contributed by atoms with Crippen molar-refractivity contribution in [3.05, 3.63) is 71.7 Å². The molecule has 0 saturated heterocycles. The van der Waals surface area contributed by atoms with Crippen molar-refractivity contribution in [2.45, 2.75) is 6.18 Å². The van der Waals surface area contributed by atoms with E-state index in [1.165, 1.54) is 37.4 Å². The SMILES string of the molecule is Cn1nc(C(F)(F)F)cc1NC(=O)c1ccccc1Nc1ccc(F)cc1. The van der Waals surface area contributed by atoms with Crippen LogP contribution in [-0.2, 0) is 13.2 Å². The van der Waals surface area contributed by atoms with Gasteiger partial charge < -0.3 is 10.6 Å². The van der Waals surface area contributed by atoms with Crippen molar-refractivity contribution in [3.8, 4) is 0 Å². The van der Waals surface area contributed by atoms with E-state index in [2.05, 4.69) is 15.7 Å². The molecule has 0 aliphatic rings. The van der Waals surface area contributed by atoms with E-state index in [0.29, 0.717) is 11.4 Å². The van der Waals surface area contributed by atoms with Gasteiger partial charge in [-0.25, -0.2) is 4.39 Å². The van der Waals surface area contributed by atoms with Gasteiger partial charge in [0, 0.05) is 18.8 Å². The van der Waals surface area contributed by atoms with Gasteiger partial charge in [0.15, 0.2) is 5.69 Å². The summed E-state index contributed by atoms with van der Waals surface area (Å²) in [5.74, 6) is -1.11. The molecule has 0 spiro atoms. The number of benzene rings is 2. The van der Waals surface area contributed by atoms with Crippen molar-refractivity contribution in [2.24, 2.45) is 7.05 Å². The third-order valence-corrected chi connectivity index (χ3v) is 3.71. The van der Waals surface area contributed by atoms with Gasteiger partial charge in [-0.3, -0.25) is 9.48 Å². The number of carbonyl (C=O) groups is 1. The summed E-state index contributed by atoms with van der Waals surface area (Å²) in [6.45, 7) is 0. The fraction of sp³-hybridized carbons (Fsp3) is 0.111. The number of carbonyl (C=O) groups excluding carboxylic acids is 1. The second-order valence-electron chi connectivity index (χ2n) is 5.67. The van der Waals surface area contributed by atoms with Gasteiger partial charge in [0.05, 0.1) is 11.3 Å². The fourth-order valence-corrected chi connectivity index (χ4v) is 2.39. The van der Waals surface area contributed by atoms with Crippen molar-refractivity contribution in [1.82, 2.24) is 9.78 Å². The molecule has 1 heterocycles. The summed E-state index contributed by atoms with van der Waals surface area (Å²) in [6.07, 6.45) is -4.61. The Morgan fingerprint density at radius 3 is 2.37 bits per heavy atom. The van der Waals surface area contributed by atoms with E-state index >= 15 is 0 Å². The van der Waals surface area contributed by atoms with Crippen molar-refractivity contribution in [2.75, 3.05) is 10.6 Å². The first-order chi connectivity index (χ1) is 12.7. The van der Waals surface area contributed by atoms with Crippen molar-refractivity contribution in [1.29, 1.82) is 0 Å². The van der Waals surface area contributed by atoms with Crippen LogP contribution in [0, 0.1) is 5.82 Å². The Kier molecular flexibility index (Phi) is 4.85. The zero-order chi connectivity index (χ0) is 19.6. The van der Waals surface area contributed by atoms with Crippen LogP contribution in [0.5, 0.6) is 0 Å². The second kappa shape index (κ2) is 7.10. The summed E-state index contributed by atoms with van der Waals surface area (Å²) in [7, 11) is 1.30. The number of aryl methyl sites for hydroxylation is 1. The number of rotatable bonds is 4. The van der Waals surface area contributed by atoms with Crippen molar-refractivity contribution >= 4 is 23.1 Å². The van der Waals surface area contributed by atoms with E-state index in [1.54, 1.807) is 18.2 Å². The molecule has 0 fully saturated rings. The zero-order valence-electron chi connectivity index (χ0n) is 14.0. The number of alkyl halides is 3. The minimum absolute atomic E-state index is 0.0936. The van der Waals surface area contributed by atoms with Crippen LogP contribution in [0.4, 0.5) is 34.8 Å². The molecule has 0 atom stereocenters. The molecule has 2 N–H and O–H groups in total. The number of anilines is 3. The maximum atomic E-state index is 13.0. The summed E-state index contributed by atoms with van der Waals surface area (Å²) in [6, 6.07) is 12.7.